The van der Waals surface area contributed by atoms with Crippen LogP contribution in [0.15, 0.2) is 47.2 Å². The Morgan fingerprint density at radius 3 is 2.48 bits per heavy atom. The topological polar surface area (TPSA) is 74.6 Å². The summed E-state index contributed by atoms with van der Waals surface area (Å²) in [6.45, 7) is 2.06. The van der Waals surface area contributed by atoms with Crippen LogP contribution < -0.4 is 0 Å². The van der Waals surface area contributed by atoms with Crippen LogP contribution in [0, 0.1) is 0 Å². The molecule has 0 aliphatic carbocycles. The van der Waals surface area contributed by atoms with Crippen molar-refractivity contribution in [3.63, 3.8) is 0 Å². The molecule has 0 amide bonds. The van der Waals surface area contributed by atoms with Crippen LogP contribution in [-0.2, 0) is 15.5 Å². The van der Waals surface area contributed by atoms with E-state index in [9.17, 15) is 19.4 Å². The Labute approximate surface area is 153 Å². The van der Waals surface area contributed by atoms with Crippen LogP contribution in [0.2, 0.25) is 0 Å². The summed E-state index contributed by atoms with van der Waals surface area (Å²) >= 11 is 1.41. The third-order valence-corrected chi connectivity index (χ3v) is 7.54. The van der Waals surface area contributed by atoms with Gasteiger partial charge in [0.25, 0.3) is 0 Å². The van der Waals surface area contributed by atoms with Crippen LogP contribution >= 0.6 is 18.7 Å². The van der Waals surface area contributed by atoms with Gasteiger partial charge in [0, 0.05) is 6.16 Å². The number of thiophene rings is 1. The molecular weight excluding hydrogens is 355 g/mol. The molecule has 0 fully saturated rings. The second-order valence-electron chi connectivity index (χ2n) is 6.34. The number of benzene rings is 1. The largest absolute Gasteiger partial charge is 0.481 e. The molecule has 0 bridgehead atoms. The predicted molar refractivity (Wildman–Crippen MR) is 103 cm³/mol. The molecular formula is C19H25O4PS. The van der Waals surface area contributed by atoms with Crippen LogP contribution in [0.5, 0.6) is 0 Å². The molecule has 0 saturated carbocycles. The Morgan fingerprint density at radius 1 is 1.20 bits per heavy atom. The van der Waals surface area contributed by atoms with Gasteiger partial charge in [-0.2, -0.15) is 11.3 Å². The first-order valence-corrected chi connectivity index (χ1v) is 11.4. The molecule has 3 atom stereocenters. The van der Waals surface area contributed by atoms with E-state index in [1.165, 1.54) is 11.3 Å². The average molecular weight is 380 g/mol. The third kappa shape index (κ3) is 5.53. The van der Waals surface area contributed by atoms with Crippen molar-refractivity contribution in [1.82, 2.24) is 0 Å². The van der Waals surface area contributed by atoms with E-state index in [0.29, 0.717) is 12.0 Å². The number of carboxylic acid groups (broad SMARTS) is 1. The lowest BCUT2D eigenvalue weighted by Gasteiger charge is -2.28. The minimum atomic E-state index is -3.69. The van der Waals surface area contributed by atoms with Gasteiger partial charge >= 0.3 is 5.97 Å². The first-order valence-electron chi connectivity index (χ1n) is 8.56. The maximum absolute atomic E-state index is 13.2. The average Bonchev–Trinajstić information content (AvgIpc) is 3.08. The van der Waals surface area contributed by atoms with Gasteiger partial charge in [-0.3, -0.25) is 9.36 Å². The number of carboxylic acids is 1. The van der Waals surface area contributed by atoms with Gasteiger partial charge in [0.1, 0.15) is 0 Å². The molecule has 0 spiro atoms. The Bertz CT molecular complexity index is 699. The summed E-state index contributed by atoms with van der Waals surface area (Å²) in [5, 5.41) is 13.4. The molecule has 0 radical (unpaired) electrons. The second kappa shape index (κ2) is 9.33. The zero-order chi connectivity index (χ0) is 18.3. The highest BCUT2D eigenvalue weighted by Gasteiger charge is 2.41. The highest BCUT2D eigenvalue weighted by Crippen LogP contribution is 2.56. The number of hydrogen-bond donors (Lipinski definition) is 2. The molecule has 3 unspecified atom stereocenters. The maximum Gasteiger partial charge on any atom is 0.311 e. The standard InChI is InChI=1S/C19H25O4PS/c1-2-3-5-10-17(18(19(20)21)16-11-12-25-14-16)24(22,23)13-15-8-6-4-7-9-15/h4,6-9,11-12,14,17-18H,2-3,5,10,13H2,1H3,(H,20,21)(H,22,23). The van der Waals surface area contributed by atoms with Crippen molar-refractivity contribution in [3.05, 3.63) is 58.3 Å². The summed E-state index contributed by atoms with van der Waals surface area (Å²) in [6, 6.07) is 10.9. The van der Waals surface area contributed by atoms with E-state index in [2.05, 4.69) is 6.92 Å². The molecule has 1 aromatic heterocycles. The molecule has 1 heterocycles. The highest BCUT2D eigenvalue weighted by atomic mass is 32.1. The van der Waals surface area contributed by atoms with Gasteiger partial charge in [0.2, 0.25) is 7.37 Å². The Hall–Kier alpha value is -1.42. The smallest absolute Gasteiger partial charge is 0.311 e. The van der Waals surface area contributed by atoms with Crippen LogP contribution in [0.3, 0.4) is 0 Å². The van der Waals surface area contributed by atoms with E-state index in [-0.39, 0.29) is 6.16 Å². The van der Waals surface area contributed by atoms with Crippen molar-refractivity contribution in [2.75, 3.05) is 0 Å². The molecule has 4 nitrogen and oxygen atoms in total. The molecule has 1 aromatic carbocycles. The molecule has 0 saturated heterocycles. The summed E-state index contributed by atoms with van der Waals surface area (Å²) in [5.41, 5.74) is 0.621. The van der Waals surface area contributed by atoms with Gasteiger partial charge in [-0.15, -0.1) is 0 Å². The van der Waals surface area contributed by atoms with Crippen LogP contribution in [0.1, 0.15) is 49.7 Å². The number of hydrogen-bond acceptors (Lipinski definition) is 3. The minimum absolute atomic E-state index is 0.0124. The van der Waals surface area contributed by atoms with Crippen molar-refractivity contribution in [2.24, 2.45) is 0 Å². The lowest BCUT2D eigenvalue weighted by molar-refractivity contribution is -0.139. The Kier molecular flexibility index (Phi) is 7.42. The number of carbonyl (C=O) groups is 1. The van der Waals surface area contributed by atoms with Gasteiger partial charge in [0.05, 0.1) is 11.6 Å². The van der Waals surface area contributed by atoms with Crippen LogP contribution in [0.4, 0.5) is 0 Å². The number of aliphatic carboxylic acids is 1. The summed E-state index contributed by atoms with van der Waals surface area (Å²) in [4.78, 5) is 22.8. The van der Waals surface area contributed by atoms with E-state index in [4.69, 9.17) is 0 Å². The van der Waals surface area contributed by atoms with Crippen molar-refractivity contribution in [2.45, 2.75) is 50.3 Å². The lowest BCUT2D eigenvalue weighted by Crippen LogP contribution is -2.27. The summed E-state index contributed by atoms with van der Waals surface area (Å²) in [7, 11) is -3.69. The molecule has 0 aliphatic heterocycles. The molecule has 136 valence electrons. The normalized spacial score (nSPS) is 16.1. The van der Waals surface area contributed by atoms with Gasteiger partial charge in [-0.25, -0.2) is 0 Å². The molecule has 0 aliphatic rings. The van der Waals surface area contributed by atoms with E-state index in [1.54, 1.807) is 11.4 Å². The summed E-state index contributed by atoms with van der Waals surface area (Å²) in [5.74, 6) is -1.97. The number of rotatable bonds is 10. The van der Waals surface area contributed by atoms with Crippen LogP contribution in [-0.4, -0.2) is 21.6 Å². The monoisotopic (exact) mass is 380 g/mol. The third-order valence-electron chi connectivity index (χ3n) is 4.43. The van der Waals surface area contributed by atoms with Crippen molar-refractivity contribution >= 4 is 24.7 Å². The highest BCUT2D eigenvalue weighted by molar-refractivity contribution is 7.58. The zero-order valence-electron chi connectivity index (χ0n) is 14.4. The first-order chi connectivity index (χ1) is 12.0. The zero-order valence-corrected chi connectivity index (χ0v) is 16.1. The van der Waals surface area contributed by atoms with Crippen molar-refractivity contribution in [1.29, 1.82) is 0 Å². The van der Waals surface area contributed by atoms with E-state index < -0.39 is 24.9 Å². The fourth-order valence-corrected chi connectivity index (χ4v) is 6.16. The van der Waals surface area contributed by atoms with Gasteiger partial charge in [0.15, 0.2) is 0 Å². The lowest BCUT2D eigenvalue weighted by atomic mass is 9.94. The molecule has 2 rings (SSSR count). The predicted octanol–water partition coefficient (Wildman–Crippen LogP) is 5.34. The SMILES string of the molecule is CCCCCC(C(C(=O)O)c1ccsc1)P(=O)(O)Cc1ccccc1. The fraction of sp³-hybridized carbons (Fsp3) is 0.421. The molecule has 2 aromatic rings. The maximum atomic E-state index is 13.2. The number of unbranched alkanes of at least 4 members (excludes halogenated alkanes) is 2. The molecule has 2 N–H and O–H groups in total. The van der Waals surface area contributed by atoms with Gasteiger partial charge < -0.3 is 10.00 Å². The Morgan fingerprint density at radius 2 is 1.92 bits per heavy atom. The second-order valence-corrected chi connectivity index (χ2v) is 9.61. The van der Waals surface area contributed by atoms with Gasteiger partial charge in [-0.05, 0) is 34.4 Å². The first kappa shape index (κ1) is 19.9. The van der Waals surface area contributed by atoms with Gasteiger partial charge in [-0.1, -0.05) is 56.5 Å². The summed E-state index contributed by atoms with van der Waals surface area (Å²) in [6.07, 6.45) is 3.13. The van der Waals surface area contributed by atoms with E-state index in [1.807, 2.05) is 35.7 Å². The van der Waals surface area contributed by atoms with Crippen molar-refractivity contribution in [3.8, 4) is 0 Å². The quantitative estimate of drug-likeness (QED) is 0.431. The molecule has 25 heavy (non-hydrogen) atoms. The summed E-state index contributed by atoms with van der Waals surface area (Å²) < 4.78 is 13.2. The van der Waals surface area contributed by atoms with E-state index >= 15 is 0 Å². The van der Waals surface area contributed by atoms with E-state index in [0.717, 1.165) is 24.8 Å². The van der Waals surface area contributed by atoms with Crippen molar-refractivity contribution < 1.29 is 19.4 Å². The Balaban J connectivity index is 2.32. The molecule has 6 heteroatoms. The minimum Gasteiger partial charge on any atom is -0.481 e. The fourth-order valence-electron chi connectivity index (χ4n) is 3.15. The van der Waals surface area contributed by atoms with Crippen LogP contribution in [0.25, 0.3) is 0 Å².